The van der Waals surface area contributed by atoms with Gasteiger partial charge in [0, 0.05) is 0 Å². The van der Waals surface area contributed by atoms with Crippen molar-refractivity contribution in [3.8, 4) is 0 Å². The SMILES string of the molecule is CS[C@@H]1Nc2cc(Cl)c(I)nc2N1. The van der Waals surface area contributed by atoms with E-state index < -0.39 is 0 Å². The van der Waals surface area contributed by atoms with Gasteiger partial charge in [0.05, 0.1) is 10.7 Å². The van der Waals surface area contributed by atoms with Crippen LogP contribution in [0.1, 0.15) is 0 Å². The Labute approximate surface area is 99.2 Å². The summed E-state index contributed by atoms with van der Waals surface area (Å²) in [7, 11) is 0. The van der Waals surface area contributed by atoms with Crippen molar-refractivity contribution in [2.75, 3.05) is 16.9 Å². The van der Waals surface area contributed by atoms with Crippen LogP contribution in [-0.2, 0) is 0 Å². The number of anilines is 2. The second-order valence-electron chi connectivity index (χ2n) is 2.56. The highest BCUT2D eigenvalue weighted by Gasteiger charge is 2.20. The molecule has 0 unspecified atom stereocenters. The molecule has 0 bridgehead atoms. The van der Waals surface area contributed by atoms with Gasteiger partial charge in [0.2, 0.25) is 0 Å². The van der Waals surface area contributed by atoms with E-state index in [1.54, 1.807) is 11.8 Å². The van der Waals surface area contributed by atoms with Gasteiger partial charge in [0.15, 0.2) is 5.82 Å². The monoisotopic (exact) mass is 327 g/mol. The van der Waals surface area contributed by atoms with Crippen LogP contribution in [0.15, 0.2) is 6.07 Å². The lowest BCUT2D eigenvalue weighted by Crippen LogP contribution is -2.16. The van der Waals surface area contributed by atoms with Crippen molar-refractivity contribution < 1.29 is 0 Å². The number of rotatable bonds is 1. The molecular weight excluding hydrogens is 321 g/mol. The van der Waals surface area contributed by atoms with Crippen LogP contribution in [0.2, 0.25) is 5.02 Å². The van der Waals surface area contributed by atoms with Crippen LogP contribution in [0.25, 0.3) is 0 Å². The molecule has 70 valence electrons. The lowest BCUT2D eigenvalue weighted by atomic mass is 10.4. The minimum atomic E-state index is 0.205. The molecule has 0 saturated heterocycles. The fourth-order valence-corrected chi connectivity index (χ4v) is 2.13. The molecule has 1 atom stereocenters. The van der Waals surface area contributed by atoms with Crippen molar-refractivity contribution >= 4 is 57.5 Å². The van der Waals surface area contributed by atoms with Crippen molar-refractivity contribution in [3.63, 3.8) is 0 Å². The molecule has 1 aromatic rings. The summed E-state index contributed by atoms with van der Waals surface area (Å²) in [5.74, 6) is 0.883. The summed E-state index contributed by atoms with van der Waals surface area (Å²) in [5, 5.41) is 7.17. The van der Waals surface area contributed by atoms with E-state index in [9.17, 15) is 0 Å². The molecule has 0 radical (unpaired) electrons. The number of nitrogens with one attached hydrogen (secondary N) is 2. The van der Waals surface area contributed by atoms with Crippen LogP contribution in [0.3, 0.4) is 0 Å². The molecule has 1 aromatic heterocycles. The van der Waals surface area contributed by atoms with Gasteiger partial charge in [-0.25, -0.2) is 4.98 Å². The first-order valence-corrected chi connectivity index (χ1v) is 6.37. The first-order valence-electron chi connectivity index (χ1n) is 3.62. The van der Waals surface area contributed by atoms with Crippen molar-refractivity contribution in [1.29, 1.82) is 0 Å². The van der Waals surface area contributed by atoms with E-state index in [0.717, 1.165) is 15.2 Å². The molecule has 1 aliphatic heterocycles. The predicted octanol–water partition coefficient (Wildman–Crippen LogP) is 2.82. The standard InChI is InChI=1S/C7H7ClIN3S/c1-13-7-10-4-2-3(8)5(9)11-6(4)12-7/h2,7,10H,1H3,(H,11,12)/t7-/m1/s1. The van der Waals surface area contributed by atoms with Crippen molar-refractivity contribution in [3.05, 3.63) is 14.8 Å². The van der Waals surface area contributed by atoms with Gasteiger partial charge >= 0.3 is 0 Å². The maximum Gasteiger partial charge on any atom is 0.153 e. The zero-order valence-electron chi connectivity index (χ0n) is 6.77. The molecule has 0 amide bonds. The van der Waals surface area contributed by atoms with Gasteiger partial charge in [-0.2, -0.15) is 0 Å². The lowest BCUT2D eigenvalue weighted by molar-refractivity contribution is 1.19. The third-order valence-corrected chi connectivity index (χ3v) is 3.86. The molecule has 2 heterocycles. The molecule has 13 heavy (non-hydrogen) atoms. The zero-order chi connectivity index (χ0) is 9.42. The summed E-state index contributed by atoms with van der Waals surface area (Å²) in [6.07, 6.45) is 2.03. The Balaban J connectivity index is 2.36. The molecule has 6 heteroatoms. The number of aromatic nitrogens is 1. The third-order valence-electron chi connectivity index (χ3n) is 1.72. The highest BCUT2D eigenvalue weighted by Crippen LogP contribution is 2.33. The number of thioether (sulfide) groups is 1. The molecular formula is C7H7ClIN3S. The maximum atomic E-state index is 5.94. The van der Waals surface area contributed by atoms with Crippen LogP contribution >= 0.6 is 46.0 Å². The molecule has 0 aromatic carbocycles. The topological polar surface area (TPSA) is 37.0 Å². The smallest absolute Gasteiger partial charge is 0.153 e. The highest BCUT2D eigenvalue weighted by atomic mass is 127. The van der Waals surface area contributed by atoms with Gasteiger partial charge in [-0.1, -0.05) is 11.6 Å². The average Bonchev–Trinajstić information content (AvgIpc) is 2.48. The molecule has 2 N–H and O–H groups in total. The Morgan fingerprint density at radius 2 is 2.38 bits per heavy atom. The second-order valence-corrected chi connectivity index (χ2v) is 4.93. The molecule has 0 fully saturated rings. The fraction of sp³-hybridized carbons (Fsp3) is 0.286. The average molecular weight is 328 g/mol. The molecule has 0 saturated carbocycles. The van der Waals surface area contributed by atoms with E-state index >= 15 is 0 Å². The molecule has 3 nitrogen and oxygen atoms in total. The van der Waals surface area contributed by atoms with Crippen LogP contribution < -0.4 is 10.6 Å². The second kappa shape index (κ2) is 3.70. The predicted molar refractivity (Wildman–Crippen MR) is 66.5 cm³/mol. The fourth-order valence-electron chi connectivity index (χ4n) is 1.11. The molecule has 1 aliphatic rings. The van der Waals surface area contributed by atoms with Gasteiger partial charge in [0.25, 0.3) is 0 Å². The largest absolute Gasteiger partial charge is 0.354 e. The van der Waals surface area contributed by atoms with Crippen LogP contribution in [0.4, 0.5) is 11.5 Å². The van der Waals surface area contributed by atoms with Crippen LogP contribution in [-0.4, -0.2) is 16.7 Å². The number of hydrogen-bond acceptors (Lipinski definition) is 4. The summed E-state index contributed by atoms with van der Waals surface area (Å²) in [4.78, 5) is 4.32. The Bertz CT molecular complexity index is 316. The minimum Gasteiger partial charge on any atom is -0.354 e. The lowest BCUT2D eigenvalue weighted by Gasteiger charge is -2.06. The number of halogens is 2. The Hall–Kier alpha value is 0.120. The normalized spacial score (nSPS) is 19.2. The van der Waals surface area contributed by atoms with Crippen LogP contribution in [0.5, 0.6) is 0 Å². The first kappa shape index (κ1) is 9.67. The Morgan fingerprint density at radius 1 is 1.62 bits per heavy atom. The number of pyridine rings is 1. The molecule has 0 aliphatic carbocycles. The van der Waals surface area contributed by atoms with E-state index in [1.165, 1.54) is 0 Å². The summed E-state index contributed by atoms with van der Waals surface area (Å²) >= 11 is 9.75. The van der Waals surface area contributed by atoms with E-state index in [1.807, 2.05) is 12.3 Å². The maximum absolute atomic E-state index is 5.94. The van der Waals surface area contributed by atoms with Gasteiger partial charge in [-0.05, 0) is 34.9 Å². The number of nitrogens with zero attached hydrogens (tertiary/aromatic N) is 1. The third kappa shape index (κ3) is 1.82. The number of hydrogen-bond donors (Lipinski definition) is 2. The molecule has 0 spiro atoms. The Morgan fingerprint density at radius 3 is 3.08 bits per heavy atom. The highest BCUT2D eigenvalue weighted by molar-refractivity contribution is 14.1. The minimum absolute atomic E-state index is 0.205. The van der Waals surface area contributed by atoms with Crippen molar-refractivity contribution in [1.82, 2.24) is 4.98 Å². The summed E-state index contributed by atoms with van der Waals surface area (Å²) in [6, 6.07) is 1.90. The first-order chi connectivity index (χ1) is 6.20. The van der Waals surface area contributed by atoms with Gasteiger partial charge in [-0.15, -0.1) is 11.8 Å². The summed E-state index contributed by atoms with van der Waals surface area (Å²) in [6.45, 7) is 0. The van der Waals surface area contributed by atoms with E-state index in [4.69, 9.17) is 11.6 Å². The van der Waals surface area contributed by atoms with Gasteiger partial charge in [-0.3, -0.25) is 0 Å². The summed E-state index contributed by atoms with van der Waals surface area (Å²) < 4.78 is 0.828. The quantitative estimate of drug-likeness (QED) is 0.614. The zero-order valence-corrected chi connectivity index (χ0v) is 10.5. The van der Waals surface area contributed by atoms with E-state index in [0.29, 0.717) is 5.02 Å². The van der Waals surface area contributed by atoms with Crippen LogP contribution in [0, 0.1) is 3.70 Å². The molecule has 2 rings (SSSR count). The Kier molecular flexibility index (Phi) is 2.75. The number of fused-ring (bicyclic) bond motifs is 1. The van der Waals surface area contributed by atoms with Crippen molar-refractivity contribution in [2.24, 2.45) is 0 Å². The van der Waals surface area contributed by atoms with E-state index in [2.05, 4.69) is 38.2 Å². The van der Waals surface area contributed by atoms with Crippen molar-refractivity contribution in [2.45, 2.75) is 5.50 Å². The van der Waals surface area contributed by atoms with Gasteiger partial charge < -0.3 is 10.6 Å². The van der Waals surface area contributed by atoms with E-state index in [-0.39, 0.29) is 5.50 Å². The summed E-state index contributed by atoms with van der Waals surface area (Å²) in [5.41, 5.74) is 1.18. The van der Waals surface area contributed by atoms with Gasteiger partial charge in [0.1, 0.15) is 9.20 Å².